The van der Waals surface area contributed by atoms with E-state index in [4.69, 9.17) is 16.6 Å². The third kappa shape index (κ3) is 7.92. The molecule has 1 saturated heterocycles. The number of halogens is 1. The van der Waals surface area contributed by atoms with Gasteiger partial charge in [-0.25, -0.2) is 4.98 Å². The molecule has 146 valence electrons. The van der Waals surface area contributed by atoms with Gasteiger partial charge in [-0.15, -0.1) is 0 Å². The topological polar surface area (TPSA) is 52.6 Å². The summed E-state index contributed by atoms with van der Waals surface area (Å²) in [4.78, 5) is 11.6. The molecular weight excluding hydrogens is 346 g/mol. The molecule has 0 aromatic carbocycles. The third-order valence-corrected chi connectivity index (χ3v) is 4.80. The van der Waals surface area contributed by atoms with Gasteiger partial charge in [0.05, 0.1) is 0 Å². The highest BCUT2D eigenvalue weighted by Gasteiger charge is 2.20. The number of aliphatic imine (C=N–C) groups is 1. The molecule has 5 nitrogen and oxygen atoms in total. The van der Waals surface area contributed by atoms with Crippen molar-refractivity contribution in [3.05, 3.63) is 29.0 Å². The predicted molar refractivity (Wildman–Crippen MR) is 111 cm³/mol. The van der Waals surface area contributed by atoms with Gasteiger partial charge in [0, 0.05) is 38.9 Å². The number of pyridine rings is 1. The van der Waals surface area contributed by atoms with Crippen molar-refractivity contribution in [2.75, 3.05) is 39.3 Å². The first-order chi connectivity index (χ1) is 12.6. The summed E-state index contributed by atoms with van der Waals surface area (Å²) in [6, 6.07) is 3.86. The first kappa shape index (κ1) is 21.0. The maximum Gasteiger partial charge on any atom is 0.191 e. The smallest absolute Gasteiger partial charge is 0.191 e. The van der Waals surface area contributed by atoms with Crippen LogP contribution >= 0.6 is 11.6 Å². The van der Waals surface area contributed by atoms with E-state index in [1.165, 1.54) is 38.0 Å². The Labute approximate surface area is 163 Å². The van der Waals surface area contributed by atoms with Crippen LogP contribution in [-0.2, 0) is 6.42 Å². The molecule has 0 spiro atoms. The summed E-state index contributed by atoms with van der Waals surface area (Å²) in [5, 5.41) is 7.32. The van der Waals surface area contributed by atoms with E-state index in [1.54, 1.807) is 0 Å². The van der Waals surface area contributed by atoms with Crippen molar-refractivity contribution in [1.29, 1.82) is 0 Å². The summed E-state index contributed by atoms with van der Waals surface area (Å²) in [5.74, 6) is 2.31. The summed E-state index contributed by atoms with van der Waals surface area (Å²) < 4.78 is 0. The quantitative estimate of drug-likeness (QED) is 0.413. The molecule has 0 amide bonds. The van der Waals surface area contributed by atoms with Gasteiger partial charge in [-0.3, -0.25) is 4.99 Å². The Bertz CT molecular complexity index is 544. The minimum atomic E-state index is 0.538. The average molecular weight is 380 g/mol. The molecule has 26 heavy (non-hydrogen) atoms. The van der Waals surface area contributed by atoms with Gasteiger partial charge in [0.25, 0.3) is 0 Å². The number of likely N-dealkylation sites (tertiary alicyclic amines) is 1. The van der Waals surface area contributed by atoms with Crippen molar-refractivity contribution in [1.82, 2.24) is 20.5 Å². The first-order valence-corrected chi connectivity index (χ1v) is 10.3. The zero-order valence-electron chi connectivity index (χ0n) is 16.5. The lowest BCUT2D eigenvalue weighted by atomic mass is 9.97. The third-order valence-electron chi connectivity index (χ3n) is 4.57. The summed E-state index contributed by atoms with van der Waals surface area (Å²) in [6.45, 7) is 12.9. The van der Waals surface area contributed by atoms with E-state index in [9.17, 15) is 0 Å². The second-order valence-corrected chi connectivity index (χ2v) is 7.93. The van der Waals surface area contributed by atoms with Gasteiger partial charge in [-0.2, -0.15) is 0 Å². The molecule has 0 bridgehead atoms. The molecule has 0 aliphatic carbocycles. The Kier molecular flexibility index (Phi) is 9.19. The molecule has 1 aliphatic heterocycles. The molecule has 0 radical (unpaired) electrons. The summed E-state index contributed by atoms with van der Waals surface area (Å²) >= 11 is 5.83. The number of nitrogens with one attached hydrogen (secondary N) is 2. The number of piperidine rings is 1. The zero-order valence-corrected chi connectivity index (χ0v) is 17.2. The van der Waals surface area contributed by atoms with Crippen molar-refractivity contribution in [2.45, 2.75) is 40.0 Å². The highest BCUT2D eigenvalue weighted by Crippen LogP contribution is 2.17. The molecule has 2 rings (SSSR count). The standard InChI is InChI=1S/C20H34ClN5/c1-4-22-20(23-10-9-17-7-8-19(21)24-12-17)25-13-18-6-5-11-26(15-18)14-16(2)3/h7-8,12,16,18H,4-6,9-11,13-15H2,1-3H3,(H2,22,23,25). The summed E-state index contributed by atoms with van der Waals surface area (Å²) in [6.07, 6.45) is 5.31. The number of hydrogen-bond donors (Lipinski definition) is 2. The van der Waals surface area contributed by atoms with Crippen LogP contribution in [0.4, 0.5) is 0 Å². The number of nitrogens with zero attached hydrogens (tertiary/aromatic N) is 3. The van der Waals surface area contributed by atoms with Gasteiger partial charge in [0.15, 0.2) is 5.96 Å². The second-order valence-electron chi connectivity index (χ2n) is 7.55. The van der Waals surface area contributed by atoms with Crippen molar-refractivity contribution in [3.8, 4) is 0 Å². The fourth-order valence-electron chi connectivity index (χ4n) is 3.42. The number of guanidine groups is 1. The second kappa shape index (κ2) is 11.4. The Balaban J connectivity index is 1.78. The van der Waals surface area contributed by atoms with Gasteiger partial charge in [0.2, 0.25) is 0 Å². The van der Waals surface area contributed by atoms with Gasteiger partial charge >= 0.3 is 0 Å². The minimum absolute atomic E-state index is 0.538. The molecule has 2 N–H and O–H groups in total. The van der Waals surface area contributed by atoms with Crippen LogP contribution < -0.4 is 10.6 Å². The van der Waals surface area contributed by atoms with Crippen molar-refractivity contribution in [2.24, 2.45) is 16.8 Å². The molecule has 1 aromatic rings. The van der Waals surface area contributed by atoms with E-state index in [1.807, 2.05) is 18.3 Å². The fraction of sp³-hybridized carbons (Fsp3) is 0.700. The lowest BCUT2D eigenvalue weighted by Gasteiger charge is -2.33. The molecule has 1 atom stereocenters. The maximum atomic E-state index is 5.83. The van der Waals surface area contributed by atoms with Crippen LogP contribution in [0.5, 0.6) is 0 Å². The van der Waals surface area contributed by atoms with Gasteiger partial charge in [0.1, 0.15) is 5.15 Å². The molecule has 0 saturated carbocycles. The van der Waals surface area contributed by atoms with E-state index in [2.05, 4.69) is 41.3 Å². The van der Waals surface area contributed by atoms with Gasteiger partial charge < -0.3 is 15.5 Å². The Morgan fingerprint density at radius 2 is 2.23 bits per heavy atom. The molecule has 1 unspecified atom stereocenters. The number of rotatable bonds is 8. The zero-order chi connectivity index (χ0) is 18.8. The predicted octanol–water partition coefficient (Wildman–Crippen LogP) is 3.20. The van der Waals surface area contributed by atoms with Crippen molar-refractivity contribution >= 4 is 17.6 Å². The molecule has 2 heterocycles. The Morgan fingerprint density at radius 3 is 2.92 bits per heavy atom. The van der Waals surface area contributed by atoms with Gasteiger partial charge in [-0.05, 0) is 56.2 Å². The summed E-state index contributed by atoms with van der Waals surface area (Å²) in [5.41, 5.74) is 1.18. The maximum absolute atomic E-state index is 5.83. The van der Waals surface area contributed by atoms with Crippen LogP contribution in [0.3, 0.4) is 0 Å². The molecular formula is C20H34ClN5. The van der Waals surface area contributed by atoms with Crippen molar-refractivity contribution in [3.63, 3.8) is 0 Å². The van der Waals surface area contributed by atoms with Crippen LogP contribution in [-0.4, -0.2) is 55.1 Å². The van der Waals surface area contributed by atoms with Crippen LogP contribution in [0.1, 0.15) is 39.2 Å². The summed E-state index contributed by atoms with van der Waals surface area (Å²) in [7, 11) is 0. The molecule has 6 heteroatoms. The highest BCUT2D eigenvalue weighted by molar-refractivity contribution is 6.29. The molecule has 1 fully saturated rings. The highest BCUT2D eigenvalue weighted by atomic mass is 35.5. The van der Waals surface area contributed by atoms with E-state index in [0.29, 0.717) is 11.1 Å². The minimum Gasteiger partial charge on any atom is -0.357 e. The Hall–Kier alpha value is -1.33. The number of aromatic nitrogens is 1. The van der Waals surface area contributed by atoms with E-state index < -0.39 is 0 Å². The van der Waals surface area contributed by atoms with Crippen LogP contribution in [0.2, 0.25) is 5.15 Å². The normalized spacial score (nSPS) is 19.0. The molecule has 1 aromatic heterocycles. The SMILES string of the molecule is CCNC(=NCC1CCCN(CC(C)C)C1)NCCc1ccc(Cl)nc1. The van der Waals surface area contributed by atoms with E-state index in [-0.39, 0.29) is 0 Å². The van der Waals surface area contributed by atoms with Crippen LogP contribution in [0, 0.1) is 11.8 Å². The lowest BCUT2D eigenvalue weighted by molar-refractivity contribution is 0.162. The average Bonchev–Trinajstić information content (AvgIpc) is 2.61. The number of hydrogen-bond acceptors (Lipinski definition) is 3. The van der Waals surface area contributed by atoms with Crippen LogP contribution in [0.15, 0.2) is 23.3 Å². The molecule has 1 aliphatic rings. The van der Waals surface area contributed by atoms with Crippen molar-refractivity contribution < 1.29 is 0 Å². The van der Waals surface area contributed by atoms with E-state index in [0.717, 1.165) is 37.9 Å². The largest absolute Gasteiger partial charge is 0.357 e. The monoisotopic (exact) mass is 379 g/mol. The first-order valence-electron chi connectivity index (χ1n) is 9.91. The fourth-order valence-corrected chi connectivity index (χ4v) is 3.54. The van der Waals surface area contributed by atoms with Gasteiger partial charge in [-0.1, -0.05) is 31.5 Å². The Morgan fingerprint density at radius 1 is 1.38 bits per heavy atom. The van der Waals surface area contributed by atoms with Crippen LogP contribution in [0.25, 0.3) is 0 Å². The van der Waals surface area contributed by atoms with E-state index >= 15 is 0 Å². The lowest BCUT2D eigenvalue weighted by Crippen LogP contribution is -2.41.